The Hall–Kier alpha value is -7.69. The molecule has 71 heavy (non-hydrogen) atoms. The van der Waals surface area contributed by atoms with E-state index in [0.29, 0.717) is 59.9 Å². The number of ketones is 4. The molecular formula is C64H65N3O4. The van der Waals surface area contributed by atoms with Gasteiger partial charge in [0, 0.05) is 63.2 Å². The Morgan fingerprint density at radius 2 is 1.07 bits per heavy atom. The Bertz CT molecular complexity index is 2890. The van der Waals surface area contributed by atoms with E-state index in [1.165, 1.54) is 5.56 Å². The number of allylic oxidation sites excluding steroid dienone is 6. The van der Waals surface area contributed by atoms with Crippen molar-refractivity contribution in [3.8, 4) is 6.07 Å². The molecule has 360 valence electrons. The van der Waals surface area contributed by atoms with Crippen LogP contribution in [0, 0.1) is 11.3 Å². The van der Waals surface area contributed by atoms with Gasteiger partial charge in [-0.05, 0) is 136 Å². The number of carbonyl (C=O) groups is 4. The lowest BCUT2D eigenvalue weighted by molar-refractivity contribution is 0.100. The van der Waals surface area contributed by atoms with Crippen LogP contribution in [0.25, 0.3) is 0 Å². The highest BCUT2D eigenvalue weighted by atomic mass is 16.1. The van der Waals surface area contributed by atoms with Gasteiger partial charge in [0.25, 0.3) is 0 Å². The quantitative estimate of drug-likeness (QED) is 0.0410. The maximum absolute atomic E-state index is 12.4. The van der Waals surface area contributed by atoms with Crippen LogP contribution in [0.4, 0.5) is 11.4 Å². The Labute approximate surface area is 420 Å². The monoisotopic (exact) mass is 939 g/mol. The third-order valence-corrected chi connectivity index (χ3v) is 13.9. The summed E-state index contributed by atoms with van der Waals surface area (Å²) >= 11 is 0. The molecule has 0 radical (unpaired) electrons. The first-order valence-electron chi connectivity index (χ1n) is 24.9. The fraction of sp³-hybridized carbons (Fsp3) is 0.266. The smallest absolute Gasteiger partial charge is 0.159 e. The van der Waals surface area contributed by atoms with Crippen LogP contribution in [0.1, 0.15) is 136 Å². The molecule has 7 nitrogen and oxygen atoms in total. The minimum Gasteiger partial charge on any atom is -0.385 e. The summed E-state index contributed by atoms with van der Waals surface area (Å²) in [6.45, 7) is 12.2. The van der Waals surface area contributed by atoms with Gasteiger partial charge in [-0.3, -0.25) is 19.2 Å². The molecule has 0 aliphatic carbocycles. The third-order valence-electron chi connectivity index (χ3n) is 13.9. The highest BCUT2D eigenvalue weighted by Gasteiger charge is 2.47. The molecule has 0 aromatic heterocycles. The summed E-state index contributed by atoms with van der Waals surface area (Å²) < 4.78 is 0. The number of anilines is 2. The lowest BCUT2D eigenvalue weighted by Crippen LogP contribution is -2.36. The zero-order valence-corrected chi connectivity index (χ0v) is 42.1. The standard InChI is InChI=1S/C64H65N3O4/c1-7-38-66-60-17-11-9-15-58(60)63(40-49-19-28-54(29-20-49)45(3)68,41-50-21-30-55(31-22-50)46(4)69)37-13-14-53(44-65)27-36-62-64(42-51-23-32-56(33-24-51)47(5)70,43-52-25-34-57(35-26-52)48(6)71)59-16-10-12-18-61(59)67(62)39-8-2/h9-36,66H,7-8,37-43H2,1-6H3/b14-13+,53-27-,62-36+. The molecular weight excluding hydrogens is 875 g/mol. The van der Waals surface area contributed by atoms with Crippen molar-refractivity contribution in [1.82, 2.24) is 0 Å². The summed E-state index contributed by atoms with van der Waals surface area (Å²) in [6, 6.07) is 51.2. The van der Waals surface area contributed by atoms with Gasteiger partial charge in [-0.2, -0.15) is 5.26 Å². The first-order valence-corrected chi connectivity index (χ1v) is 24.9. The second-order valence-electron chi connectivity index (χ2n) is 19.1. The van der Waals surface area contributed by atoms with Gasteiger partial charge < -0.3 is 10.2 Å². The van der Waals surface area contributed by atoms with E-state index in [1.807, 2.05) is 84.9 Å². The molecule has 0 spiro atoms. The van der Waals surface area contributed by atoms with E-state index in [4.69, 9.17) is 0 Å². The average Bonchev–Trinajstić information content (AvgIpc) is 3.61. The van der Waals surface area contributed by atoms with Crippen LogP contribution in [-0.4, -0.2) is 36.2 Å². The molecule has 0 saturated carbocycles. The first-order chi connectivity index (χ1) is 34.3. The van der Waals surface area contributed by atoms with Gasteiger partial charge >= 0.3 is 0 Å². The van der Waals surface area contributed by atoms with Crippen molar-refractivity contribution in [2.75, 3.05) is 23.3 Å². The van der Waals surface area contributed by atoms with Crippen molar-refractivity contribution in [3.63, 3.8) is 0 Å². The maximum Gasteiger partial charge on any atom is 0.159 e. The van der Waals surface area contributed by atoms with E-state index >= 15 is 0 Å². The van der Waals surface area contributed by atoms with Crippen molar-refractivity contribution in [2.24, 2.45) is 0 Å². The third kappa shape index (κ3) is 12.0. The molecule has 7 rings (SSSR count). The average molecular weight is 940 g/mol. The molecule has 0 atom stereocenters. The van der Waals surface area contributed by atoms with E-state index in [-0.39, 0.29) is 23.1 Å². The van der Waals surface area contributed by atoms with Gasteiger partial charge in [0.1, 0.15) is 0 Å². The van der Waals surface area contributed by atoms with Crippen LogP contribution < -0.4 is 10.2 Å². The predicted molar refractivity (Wildman–Crippen MR) is 289 cm³/mol. The minimum atomic E-state index is -0.581. The molecule has 1 aliphatic heterocycles. The van der Waals surface area contributed by atoms with E-state index < -0.39 is 10.8 Å². The summed E-state index contributed by atoms with van der Waals surface area (Å²) in [5, 5.41) is 14.7. The van der Waals surface area contributed by atoms with E-state index in [2.05, 4.69) is 115 Å². The normalized spacial score (nSPS) is 13.8. The highest BCUT2D eigenvalue weighted by molar-refractivity contribution is 5.95. The van der Waals surface area contributed by atoms with Crippen LogP contribution in [0.15, 0.2) is 181 Å². The molecule has 6 aromatic rings. The van der Waals surface area contributed by atoms with Crippen molar-refractivity contribution >= 4 is 34.5 Å². The van der Waals surface area contributed by atoms with Crippen LogP contribution in [0.5, 0.6) is 0 Å². The van der Waals surface area contributed by atoms with Gasteiger partial charge in [0.2, 0.25) is 0 Å². The number of hydrogen-bond acceptors (Lipinski definition) is 7. The predicted octanol–water partition coefficient (Wildman–Crippen LogP) is 14.0. The molecule has 1 aliphatic rings. The Balaban J connectivity index is 1.37. The van der Waals surface area contributed by atoms with Gasteiger partial charge in [0.05, 0.1) is 11.6 Å². The second kappa shape index (κ2) is 23.3. The topological polar surface area (TPSA) is 107 Å². The van der Waals surface area contributed by atoms with E-state index in [0.717, 1.165) is 70.8 Å². The van der Waals surface area contributed by atoms with Crippen LogP contribution in [0.3, 0.4) is 0 Å². The first kappa shape index (κ1) is 51.2. The highest BCUT2D eigenvalue weighted by Crippen LogP contribution is 2.52. The number of hydrogen-bond donors (Lipinski definition) is 1. The number of Topliss-reactive ketones (excluding diaryl/α,β-unsaturated/α-hetero) is 4. The van der Waals surface area contributed by atoms with E-state index in [1.54, 1.807) is 27.7 Å². The Kier molecular flexibility index (Phi) is 16.8. The summed E-state index contributed by atoms with van der Waals surface area (Å²) in [4.78, 5) is 51.9. The lowest BCUT2D eigenvalue weighted by atomic mass is 9.68. The largest absolute Gasteiger partial charge is 0.385 e. The van der Waals surface area contributed by atoms with Gasteiger partial charge in [-0.25, -0.2) is 0 Å². The molecule has 0 amide bonds. The lowest BCUT2D eigenvalue weighted by Gasteiger charge is -2.36. The number of nitrogens with one attached hydrogen (secondary N) is 1. The fourth-order valence-electron chi connectivity index (χ4n) is 10.3. The number of nitriles is 1. The molecule has 0 bridgehead atoms. The van der Waals surface area contributed by atoms with Crippen LogP contribution in [0.2, 0.25) is 0 Å². The number of fused-ring (bicyclic) bond motifs is 1. The van der Waals surface area contributed by atoms with Crippen molar-refractivity contribution < 1.29 is 19.2 Å². The number of carbonyl (C=O) groups excluding carboxylic acids is 4. The minimum absolute atomic E-state index is 0.0133. The molecule has 7 heteroatoms. The van der Waals surface area contributed by atoms with Crippen LogP contribution >= 0.6 is 0 Å². The summed E-state index contributed by atoms with van der Waals surface area (Å²) in [7, 11) is 0. The van der Waals surface area contributed by atoms with Gasteiger partial charge in [0.15, 0.2) is 23.1 Å². The van der Waals surface area contributed by atoms with Crippen molar-refractivity contribution in [3.05, 3.63) is 237 Å². The van der Waals surface area contributed by atoms with Gasteiger partial charge in [-0.1, -0.05) is 153 Å². The summed E-state index contributed by atoms with van der Waals surface area (Å²) in [6.07, 6.45) is 13.1. The summed E-state index contributed by atoms with van der Waals surface area (Å²) in [5.74, 6) is 0.0567. The zero-order valence-electron chi connectivity index (χ0n) is 42.1. The zero-order chi connectivity index (χ0) is 50.5. The molecule has 0 fully saturated rings. The summed E-state index contributed by atoms with van der Waals surface area (Å²) in [5.41, 5.74) is 11.9. The fourth-order valence-corrected chi connectivity index (χ4v) is 10.3. The number of benzene rings is 6. The van der Waals surface area contributed by atoms with Crippen LogP contribution in [-0.2, 0) is 36.5 Å². The molecule has 6 aromatic carbocycles. The van der Waals surface area contributed by atoms with Gasteiger partial charge in [-0.15, -0.1) is 0 Å². The molecule has 0 unspecified atom stereocenters. The maximum atomic E-state index is 12.4. The van der Waals surface area contributed by atoms with Crippen molar-refractivity contribution in [1.29, 1.82) is 5.26 Å². The number of nitrogens with zero attached hydrogens (tertiary/aromatic N) is 2. The number of para-hydroxylation sites is 2. The SMILES string of the molecule is CCCNc1ccccc1C(C/C=C/C(C#N)=C/C=C1/N(CCC)c2ccccc2C1(Cc1ccc(C(C)=O)cc1)Cc1ccc(C(C)=O)cc1)(Cc1ccc(C(C)=O)cc1)Cc1ccc(C(C)=O)cc1. The molecule has 1 N–H and O–H groups in total. The molecule has 0 saturated heterocycles. The molecule has 1 heterocycles. The van der Waals surface area contributed by atoms with Crippen molar-refractivity contribution in [2.45, 2.75) is 97.3 Å². The second-order valence-corrected chi connectivity index (χ2v) is 19.1. The Morgan fingerprint density at radius 1 is 0.606 bits per heavy atom. The Morgan fingerprint density at radius 3 is 1.54 bits per heavy atom. The van der Waals surface area contributed by atoms with E-state index in [9.17, 15) is 24.4 Å². The number of rotatable bonds is 22.